The highest BCUT2D eigenvalue weighted by Crippen LogP contribution is 2.22. The van der Waals surface area contributed by atoms with Crippen molar-refractivity contribution in [1.29, 1.82) is 0 Å². The van der Waals surface area contributed by atoms with Crippen LogP contribution < -0.4 is 15.5 Å². The van der Waals surface area contributed by atoms with Crippen LogP contribution in [0.4, 0.5) is 5.69 Å². The van der Waals surface area contributed by atoms with Gasteiger partial charge in [0.1, 0.15) is 12.4 Å². The summed E-state index contributed by atoms with van der Waals surface area (Å²) in [7, 11) is 0. The molecule has 2 amide bonds. The van der Waals surface area contributed by atoms with Crippen LogP contribution in [0.1, 0.15) is 16.7 Å². The number of hydrogen-bond acceptors (Lipinski definition) is 4. The van der Waals surface area contributed by atoms with Crippen LogP contribution in [0.25, 0.3) is 0 Å². The molecule has 0 bridgehead atoms. The van der Waals surface area contributed by atoms with Crippen LogP contribution in [0.2, 0.25) is 10.0 Å². The zero-order chi connectivity index (χ0) is 22.2. The van der Waals surface area contributed by atoms with Crippen molar-refractivity contribution in [3.63, 3.8) is 0 Å². The molecule has 0 aliphatic rings. The summed E-state index contributed by atoms with van der Waals surface area (Å²) < 4.78 is 5.72. The maximum atomic E-state index is 12.0. The molecule has 3 rings (SSSR count). The molecule has 0 saturated heterocycles. The Bertz CT molecular complexity index is 1120. The fraction of sp³-hybridized carbons (Fsp3) is 0.0870. The van der Waals surface area contributed by atoms with Crippen LogP contribution >= 0.6 is 23.2 Å². The number of hydrazone groups is 1. The summed E-state index contributed by atoms with van der Waals surface area (Å²) in [5, 5.41) is 7.46. The van der Waals surface area contributed by atoms with E-state index in [1.807, 2.05) is 24.3 Å². The van der Waals surface area contributed by atoms with Crippen molar-refractivity contribution in [3.8, 4) is 5.75 Å². The van der Waals surface area contributed by atoms with Crippen LogP contribution in [0.5, 0.6) is 5.75 Å². The lowest BCUT2D eigenvalue weighted by Gasteiger charge is -2.08. The number of carbonyl (C=O) groups excluding carboxylic acids is 2. The third-order valence-electron chi connectivity index (χ3n) is 4.33. The van der Waals surface area contributed by atoms with E-state index >= 15 is 0 Å². The molecule has 0 radical (unpaired) electrons. The van der Waals surface area contributed by atoms with E-state index < -0.39 is 11.8 Å². The summed E-state index contributed by atoms with van der Waals surface area (Å²) in [6, 6.07) is 19.6. The van der Waals surface area contributed by atoms with E-state index in [1.165, 1.54) is 6.21 Å². The van der Waals surface area contributed by atoms with Crippen molar-refractivity contribution in [2.45, 2.75) is 13.5 Å². The van der Waals surface area contributed by atoms with Gasteiger partial charge < -0.3 is 10.1 Å². The van der Waals surface area contributed by atoms with E-state index in [1.54, 1.807) is 49.4 Å². The van der Waals surface area contributed by atoms with E-state index in [9.17, 15) is 9.59 Å². The third-order valence-corrected chi connectivity index (χ3v) is 5.11. The summed E-state index contributed by atoms with van der Waals surface area (Å²) in [5.41, 5.74) is 4.94. The summed E-state index contributed by atoms with van der Waals surface area (Å²) in [4.78, 5) is 23.9. The van der Waals surface area contributed by atoms with Crippen LogP contribution in [0, 0.1) is 6.92 Å². The SMILES string of the molecule is Cc1c(Cl)cccc1NC(=O)C(=O)N/N=C\c1ccc(OCc2ccccc2Cl)cc1. The Labute approximate surface area is 189 Å². The van der Waals surface area contributed by atoms with Crippen molar-refractivity contribution in [2.75, 3.05) is 5.32 Å². The minimum atomic E-state index is -0.893. The molecule has 3 aromatic rings. The molecule has 6 nitrogen and oxygen atoms in total. The summed E-state index contributed by atoms with van der Waals surface area (Å²) in [5.74, 6) is -1.07. The molecular formula is C23H19Cl2N3O3. The normalized spacial score (nSPS) is 10.7. The van der Waals surface area contributed by atoms with Gasteiger partial charge in [0.15, 0.2) is 0 Å². The minimum Gasteiger partial charge on any atom is -0.489 e. The van der Waals surface area contributed by atoms with Gasteiger partial charge in [-0.25, -0.2) is 5.43 Å². The third kappa shape index (κ3) is 6.31. The molecule has 0 saturated carbocycles. The molecule has 0 aromatic heterocycles. The first-order valence-corrected chi connectivity index (χ1v) is 10.1. The molecule has 0 aliphatic carbocycles. The lowest BCUT2D eigenvalue weighted by molar-refractivity contribution is -0.136. The van der Waals surface area contributed by atoms with Gasteiger partial charge in [0.05, 0.1) is 6.21 Å². The largest absolute Gasteiger partial charge is 0.489 e. The van der Waals surface area contributed by atoms with Crippen molar-refractivity contribution >= 4 is 46.9 Å². The first kappa shape index (κ1) is 22.3. The molecule has 3 aromatic carbocycles. The second-order valence-electron chi connectivity index (χ2n) is 6.51. The van der Waals surface area contributed by atoms with E-state index in [4.69, 9.17) is 27.9 Å². The highest BCUT2D eigenvalue weighted by atomic mass is 35.5. The van der Waals surface area contributed by atoms with Gasteiger partial charge in [-0.05, 0) is 60.5 Å². The predicted octanol–water partition coefficient (Wildman–Crippen LogP) is 4.97. The fourth-order valence-corrected chi connectivity index (χ4v) is 2.93. The van der Waals surface area contributed by atoms with Crippen molar-refractivity contribution in [2.24, 2.45) is 5.10 Å². The van der Waals surface area contributed by atoms with Crippen molar-refractivity contribution in [1.82, 2.24) is 5.43 Å². The highest BCUT2D eigenvalue weighted by Gasteiger charge is 2.14. The number of ether oxygens (including phenoxy) is 1. The van der Waals surface area contributed by atoms with Gasteiger partial charge in [0.2, 0.25) is 0 Å². The number of anilines is 1. The van der Waals surface area contributed by atoms with Crippen LogP contribution in [-0.4, -0.2) is 18.0 Å². The molecule has 158 valence electrons. The van der Waals surface area contributed by atoms with Crippen molar-refractivity contribution in [3.05, 3.63) is 93.5 Å². The molecule has 0 heterocycles. The van der Waals surface area contributed by atoms with Gasteiger partial charge in [-0.15, -0.1) is 0 Å². The topological polar surface area (TPSA) is 79.8 Å². The lowest BCUT2D eigenvalue weighted by Crippen LogP contribution is -2.32. The summed E-state index contributed by atoms with van der Waals surface area (Å²) >= 11 is 12.1. The zero-order valence-electron chi connectivity index (χ0n) is 16.6. The Balaban J connectivity index is 1.50. The Morgan fingerprint density at radius 3 is 2.39 bits per heavy atom. The van der Waals surface area contributed by atoms with Gasteiger partial charge in [-0.3, -0.25) is 9.59 Å². The Morgan fingerprint density at radius 1 is 0.935 bits per heavy atom. The number of benzene rings is 3. The molecule has 0 spiro atoms. The zero-order valence-corrected chi connectivity index (χ0v) is 18.1. The molecule has 0 fully saturated rings. The van der Waals surface area contributed by atoms with Crippen LogP contribution in [-0.2, 0) is 16.2 Å². The van der Waals surface area contributed by atoms with Gasteiger partial charge in [-0.2, -0.15) is 5.10 Å². The highest BCUT2D eigenvalue weighted by molar-refractivity contribution is 6.40. The standard InChI is InChI=1S/C23H19Cl2N3O3/c1-15-19(24)7-4-8-21(15)27-22(29)23(30)28-26-13-16-9-11-18(12-10-16)31-14-17-5-2-3-6-20(17)25/h2-13H,14H2,1H3,(H,27,29)(H,28,30)/b26-13-. The number of nitrogens with zero attached hydrogens (tertiary/aromatic N) is 1. The van der Waals surface area contributed by atoms with E-state index in [0.29, 0.717) is 33.7 Å². The predicted molar refractivity (Wildman–Crippen MR) is 123 cm³/mol. The number of rotatable bonds is 6. The molecule has 0 unspecified atom stereocenters. The average Bonchev–Trinajstić information content (AvgIpc) is 2.77. The smallest absolute Gasteiger partial charge is 0.329 e. The van der Waals surface area contributed by atoms with E-state index in [2.05, 4.69) is 15.8 Å². The monoisotopic (exact) mass is 455 g/mol. The number of carbonyl (C=O) groups is 2. The van der Waals surface area contributed by atoms with Gasteiger partial charge in [0, 0.05) is 21.3 Å². The van der Waals surface area contributed by atoms with Gasteiger partial charge >= 0.3 is 11.8 Å². The van der Waals surface area contributed by atoms with Crippen molar-refractivity contribution < 1.29 is 14.3 Å². The fourth-order valence-electron chi connectivity index (χ4n) is 2.56. The summed E-state index contributed by atoms with van der Waals surface area (Å²) in [6.45, 7) is 2.10. The van der Waals surface area contributed by atoms with Gasteiger partial charge in [0.25, 0.3) is 0 Å². The lowest BCUT2D eigenvalue weighted by atomic mass is 10.2. The van der Waals surface area contributed by atoms with Gasteiger partial charge in [-0.1, -0.05) is 47.5 Å². The second kappa shape index (κ2) is 10.6. The number of amides is 2. The Hall–Kier alpha value is -3.35. The average molecular weight is 456 g/mol. The second-order valence-corrected chi connectivity index (χ2v) is 7.33. The molecule has 0 aliphatic heterocycles. The molecule has 2 N–H and O–H groups in total. The number of halogens is 2. The summed E-state index contributed by atoms with van der Waals surface area (Å²) in [6.07, 6.45) is 1.42. The van der Waals surface area contributed by atoms with E-state index in [-0.39, 0.29) is 0 Å². The first-order valence-electron chi connectivity index (χ1n) is 9.30. The minimum absolute atomic E-state index is 0.352. The molecule has 31 heavy (non-hydrogen) atoms. The Morgan fingerprint density at radius 2 is 1.65 bits per heavy atom. The van der Waals surface area contributed by atoms with Crippen LogP contribution in [0.15, 0.2) is 71.8 Å². The molecular weight excluding hydrogens is 437 g/mol. The quantitative estimate of drug-likeness (QED) is 0.312. The van der Waals surface area contributed by atoms with E-state index in [0.717, 1.165) is 11.1 Å². The number of hydrogen-bond donors (Lipinski definition) is 2. The molecule has 8 heteroatoms. The Kier molecular flexibility index (Phi) is 7.65. The van der Waals surface area contributed by atoms with Crippen LogP contribution in [0.3, 0.4) is 0 Å². The number of nitrogens with one attached hydrogen (secondary N) is 2. The maximum absolute atomic E-state index is 12.0. The maximum Gasteiger partial charge on any atom is 0.329 e. The first-order chi connectivity index (χ1) is 14.9. The molecule has 0 atom stereocenters.